The predicted octanol–water partition coefficient (Wildman–Crippen LogP) is 4.22. The standard InChI is InChI=1S/C30H33NP2.2C2H3ClO2.Pd/c1-30(2,3)31(24-32(26-16-8-4-9-17-26)27-18-10-5-11-19-27)25-33(28-20-12-6-13-21-28)29-22-14-7-15-23-29;2*3-1-2(4)5;/h4-23H,24-25H2,1-3H3;2*1H2,(H,4,5);/q;;;+2/p-2. The second-order valence-electron chi connectivity index (χ2n) is 10.2. The average molecular weight is 763 g/mol. The third-order valence-electron chi connectivity index (χ3n) is 6.06. The van der Waals surface area contributed by atoms with E-state index in [4.69, 9.17) is 19.8 Å². The fraction of sp³-hybridized carbons (Fsp3) is 0.235. The minimum atomic E-state index is -1.23. The number of carbonyl (C=O) groups is 2. The van der Waals surface area contributed by atoms with Crippen LogP contribution in [0.4, 0.5) is 0 Å². The summed E-state index contributed by atoms with van der Waals surface area (Å²) in [5.41, 5.74) is 0.0638. The molecule has 5 nitrogen and oxygen atoms in total. The van der Waals surface area contributed by atoms with Crippen LogP contribution in [-0.4, -0.2) is 46.7 Å². The van der Waals surface area contributed by atoms with Crippen LogP contribution in [-0.2, 0) is 30.0 Å². The molecule has 0 N–H and O–H groups in total. The van der Waals surface area contributed by atoms with E-state index in [1.807, 2.05) is 0 Å². The van der Waals surface area contributed by atoms with Crippen molar-refractivity contribution in [2.24, 2.45) is 0 Å². The minimum Gasteiger partial charge on any atom is -0.549 e. The van der Waals surface area contributed by atoms with Gasteiger partial charge >= 0.3 is 20.4 Å². The quantitative estimate of drug-likeness (QED) is 0.138. The van der Waals surface area contributed by atoms with Gasteiger partial charge in [0.1, 0.15) is 0 Å². The number of hydrogen-bond donors (Lipinski definition) is 0. The van der Waals surface area contributed by atoms with Crippen molar-refractivity contribution in [1.82, 2.24) is 4.90 Å². The Morgan fingerprint density at radius 1 is 0.568 bits per heavy atom. The van der Waals surface area contributed by atoms with Crippen LogP contribution >= 0.6 is 39.0 Å². The molecule has 0 fully saturated rings. The molecule has 10 heteroatoms. The molecule has 0 spiro atoms. The third-order valence-corrected chi connectivity index (χ3v) is 11.4. The van der Waals surface area contributed by atoms with Gasteiger partial charge in [0.2, 0.25) is 0 Å². The summed E-state index contributed by atoms with van der Waals surface area (Å²) in [5, 5.41) is 24.0. The van der Waals surface area contributed by atoms with Crippen molar-refractivity contribution in [3.63, 3.8) is 0 Å². The molecule has 0 heterocycles. The smallest absolute Gasteiger partial charge is 0.549 e. The topological polar surface area (TPSA) is 83.5 Å². The first-order valence-corrected chi connectivity index (χ1v) is 17.7. The van der Waals surface area contributed by atoms with Gasteiger partial charge in [0.15, 0.2) is 0 Å². The Morgan fingerprint density at radius 2 is 0.773 bits per heavy atom. The number of carboxylic acid groups (broad SMARTS) is 2. The van der Waals surface area contributed by atoms with Crippen LogP contribution in [0.2, 0.25) is 0 Å². The molecule has 0 saturated carbocycles. The normalized spacial score (nSPS) is 10.6. The second-order valence-corrected chi connectivity index (χ2v) is 15.1. The number of rotatable bonds is 10. The first kappa shape index (κ1) is 39.9. The van der Waals surface area contributed by atoms with Crippen LogP contribution < -0.4 is 31.4 Å². The molecule has 0 aliphatic carbocycles. The van der Waals surface area contributed by atoms with Gasteiger partial charge in [-0.3, -0.25) is 4.90 Å². The molecular formula is C34H37Cl2NO4P2Pd. The van der Waals surface area contributed by atoms with Crippen LogP contribution in [0.1, 0.15) is 20.8 Å². The fourth-order valence-corrected chi connectivity index (χ4v) is 9.13. The molecule has 0 radical (unpaired) electrons. The molecule has 0 aliphatic rings. The van der Waals surface area contributed by atoms with E-state index in [0.717, 1.165) is 12.6 Å². The van der Waals surface area contributed by atoms with Crippen molar-refractivity contribution in [3.05, 3.63) is 121 Å². The summed E-state index contributed by atoms with van der Waals surface area (Å²) in [6, 6.07) is 44.3. The maximum absolute atomic E-state index is 9.12. The van der Waals surface area contributed by atoms with E-state index in [9.17, 15) is 0 Å². The van der Waals surface area contributed by atoms with E-state index in [-0.39, 0.29) is 26.0 Å². The zero-order valence-electron chi connectivity index (χ0n) is 24.9. The van der Waals surface area contributed by atoms with Crippen molar-refractivity contribution in [2.75, 3.05) is 24.3 Å². The largest absolute Gasteiger partial charge is 2.00 e. The van der Waals surface area contributed by atoms with E-state index >= 15 is 0 Å². The average Bonchev–Trinajstić information content (AvgIpc) is 3.03. The Morgan fingerprint density at radius 3 is 0.932 bits per heavy atom. The van der Waals surface area contributed by atoms with Gasteiger partial charge in [-0.25, -0.2) is 0 Å². The maximum atomic E-state index is 9.12. The van der Waals surface area contributed by atoms with Gasteiger partial charge in [-0.15, -0.1) is 23.2 Å². The van der Waals surface area contributed by atoms with Crippen molar-refractivity contribution in [2.45, 2.75) is 26.3 Å². The van der Waals surface area contributed by atoms with Crippen LogP contribution in [0.15, 0.2) is 121 Å². The van der Waals surface area contributed by atoms with Gasteiger partial charge < -0.3 is 19.8 Å². The number of carboxylic acids is 2. The Bertz CT molecular complexity index is 1170. The Kier molecular flexibility index (Phi) is 19.6. The fourth-order valence-electron chi connectivity index (χ4n) is 3.87. The number of benzene rings is 4. The monoisotopic (exact) mass is 761 g/mol. The molecule has 4 aromatic rings. The van der Waals surface area contributed by atoms with Gasteiger partial charge in [0.05, 0.1) is 23.7 Å². The van der Waals surface area contributed by atoms with E-state index in [2.05, 4.69) is 170 Å². The number of carbonyl (C=O) groups excluding carboxylic acids is 2. The second kappa shape index (κ2) is 21.6. The Balaban J connectivity index is 0.000000765. The number of aliphatic carboxylic acids is 2. The van der Waals surface area contributed by atoms with E-state index in [1.165, 1.54) is 21.2 Å². The van der Waals surface area contributed by atoms with Crippen LogP contribution in [0.5, 0.6) is 0 Å². The molecule has 236 valence electrons. The molecule has 0 aromatic heterocycles. The zero-order valence-corrected chi connectivity index (χ0v) is 29.8. The molecule has 0 unspecified atom stereocenters. The van der Waals surface area contributed by atoms with Gasteiger partial charge in [0, 0.05) is 18.1 Å². The van der Waals surface area contributed by atoms with E-state index < -0.39 is 39.5 Å². The molecule has 0 amide bonds. The molecule has 44 heavy (non-hydrogen) atoms. The molecule has 0 atom stereocenters. The minimum absolute atomic E-state index is 0. The van der Waals surface area contributed by atoms with Crippen molar-refractivity contribution in [3.8, 4) is 0 Å². The van der Waals surface area contributed by atoms with Crippen molar-refractivity contribution >= 4 is 72.2 Å². The van der Waals surface area contributed by atoms with Crippen LogP contribution in [0.25, 0.3) is 0 Å². The van der Waals surface area contributed by atoms with E-state index in [0.29, 0.717) is 0 Å². The maximum Gasteiger partial charge on any atom is 2.00 e. The summed E-state index contributed by atoms with van der Waals surface area (Å²) in [5.74, 6) is -3.29. The molecule has 0 aliphatic heterocycles. The Labute approximate surface area is 287 Å². The number of alkyl halides is 2. The first-order chi connectivity index (χ1) is 20.6. The third kappa shape index (κ3) is 14.8. The zero-order chi connectivity index (χ0) is 31.7. The first-order valence-electron chi connectivity index (χ1n) is 13.6. The molecule has 0 saturated heterocycles. The SMILES string of the molecule is CC(C)(C)N(CP(c1ccccc1)c1ccccc1)CP(c1ccccc1)c1ccccc1.O=C([O-])CCl.O=C([O-])CCl.[Pd+2]. The molecule has 4 rings (SSSR count). The van der Waals surface area contributed by atoms with Crippen LogP contribution in [0, 0.1) is 0 Å². The Hall–Kier alpha value is -2.12. The number of halogens is 2. The molecule has 0 bridgehead atoms. The predicted molar refractivity (Wildman–Crippen MR) is 181 cm³/mol. The number of nitrogens with zero attached hydrogens (tertiary/aromatic N) is 1. The molecule has 4 aromatic carbocycles. The van der Waals surface area contributed by atoms with Gasteiger partial charge in [-0.1, -0.05) is 121 Å². The van der Waals surface area contributed by atoms with Crippen molar-refractivity contribution < 1.29 is 40.2 Å². The summed E-state index contributed by atoms with van der Waals surface area (Å²) in [6.07, 6.45) is 2.09. The van der Waals surface area contributed by atoms with Gasteiger partial charge in [-0.05, 0) is 57.8 Å². The summed E-state index contributed by atoms with van der Waals surface area (Å²) in [4.78, 5) is 21.0. The van der Waals surface area contributed by atoms with Gasteiger partial charge in [-0.2, -0.15) is 0 Å². The number of hydrogen-bond acceptors (Lipinski definition) is 5. The van der Waals surface area contributed by atoms with E-state index in [1.54, 1.807) is 0 Å². The summed E-state index contributed by atoms with van der Waals surface area (Å²) in [7, 11) is -0.973. The molecular weight excluding hydrogens is 726 g/mol. The van der Waals surface area contributed by atoms with Crippen LogP contribution in [0.3, 0.4) is 0 Å². The summed E-state index contributed by atoms with van der Waals surface area (Å²) in [6.45, 7) is 7.08. The summed E-state index contributed by atoms with van der Waals surface area (Å²) >= 11 is 9.35. The van der Waals surface area contributed by atoms with Gasteiger partial charge in [0.25, 0.3) is 0 Å². The van der Waals surface area contributed by atoms with Crippen molar-refractivity contribution in [1.29, 1.82) is 0 Å². The summed E-state index contributed by atoms with van der Waals surface area (Å²) < 4.78 is 0.